The third-order valence-electron chi connectivity index (χ3n) is 3.48. The molecule has 132 valence electrons. The van der Waals surface area contributed by atoms with E-state index < -0.39 is 11.8 Å². The van der Waals surface area contributed by atoms with Gasteiger partial charge in [-0.15, -0.1) is 17.9 Å². The van der Waals surface area contributed by atoms with Gasteiger partial charge in [0.1, 0.15) is 5.57 Å². The van der Waals surface area contributed by atoms with Crippen LogP contribution in [0.1, 0.15) is 5.56 Å². The van der Waals surface area contributed by atoms with Crippen LogP contribution >= 0.6 is 46.9 Å². The number of carbonyl (C=O) groups excluding carboxylic acids is 2. The summed E-state index contributed by atoms with van der Waals surface area (Å²) in [6.07, 6.45) is 3.16. The summed E-state index contributed by atoms with van der Waals surface area (Å²) < 4.78 is 0.976. The summed E-state index contributed by atoms with van der Waals surface area (Å²) in [6.45, 7) is 3.86. The molecule has 0 unspecified atom stereocenters. The lowest BCUT2D eigenvalue weighted by atomic mass is 10.1. The van der Waals surface area contributed by atoms with Gasteiger partial charge in [0.05, 0.1) is 4.21 Å². The van der Waals surface area contributed by atoms with Crippen molar-refractivity contribution in [1.29, 1.82) is 0 Å². The van der Waals surface area contributed by atoms with E-state index in [9.17, 15) is 9.59 Å². The molecule has 1 aromatic heterocycles. The Morgan fingerprint density at radius 1 is 1.27 bits per heavy atom. The average molecular weight is 421 g/mol. The first-order valence-electron chi connectivity index (χ1n) is 7.50. The number of halogens is 1. The highest BCUT2D eigenvalue weighted by Gasteiger charge is 2.32. The summed E-state index contributed by atoms with van der Waals surface area (Å²) in [5.74, 6) is -0.916. The van der Waals surface area contributed by atoms with E-state index in [1.807, 2.05) is 35.7 Å². The van der Waals surface area contributed by atoms with Gasteiger partial charge in [-0.25, -0.2) is 0 Å². The minimum atomic E-state index is -0.492. The molecule has 1 fully saturated rings. The Kier molecular flexibility index (Phi) is 5.93. The van der Waals surface area contributed by atoms with E-state index in [1.54, 1.807) is 23.9 Å². The third-order valence-corrected chi connectivity index (χ3v) is 6.24. The topological polar surface area (TPSA) is 49.4 Å². The van der Waals surface area contributed by atoms with Crippen LogP contribution in [-0.2, 0) is 9.59 Å². The molecule has 26 heavy (non-hydrogen) atoms. The molecule has 0 atom stereocenters. The summed E-state index contributed by atoms with van der Waals surface area (Å²) in [4.78, 5) is 27.2. The van der Waals surface area contributed by atoms with E-state index in [-0.39, 0.29) is 17.2 Å². The molecule has 0 radical (unpaired) electrons. The predicted octanol–water partition coefficient (Wildman–Crippen LogP) is 4.37. The largest absolute Gasteiger partial charge is 0.298 e. The van der Waals surface area contributed by atoms with Crippen molar-refractivity contribution in [3.8, 4) is 0 Å². The zero-order valence-corrected chi connectivity index (χ0v) is 16.6. The Morgan fingerprint density at radius 3 is 2.69 bits per heavy atom. The third kappa shape index (κ3) is 4.07. The monoisotopic (exact) mass is 420 g/mol. The second-order valence-corrected chi connectivity index (χ2v) is 8.32. The van der Waals surface area contributed by atoms with Crippen LogP contribution in [0.4, 0.5) is 0 Å². The Bertz CT molecular complexity index is 919. The van der Waals surface area contributed by atoms with Gasteiger partial charge < -0.3 is 0 Å². The van der Waals surface area contributed by atoms with Gasteiger partial charge in [-0.2, -0.15) is 0 Å². The molecule has 0 aliphatic carbocycles. The summed E-state index contributed by atoms with van der Waals surface area (Å²) in [5.41, 5.74) is 0.858. The van der Waals surface area contributed by atoms with E-state index in [2.05, 4.69) is 11.9 Å². The zero-order valence-electron chi connectivity index (χ0n) is 13.4. The first-order chi connectivity index (χ1) is 12.5. The quantitative estimate of drug-likeness (QED) is 0.338. The highest BCUT2D eigenvalue weighted by atomic mass is 35.5. The van der Waals surface area contributed by atoms with Crippen LogP contribution < -0.4 is 5.32 Å². The maximum Gasteiger partial charge on any atom is 0.265 e. The maximum atomic E-state index is 12.6. The summed E-state index contributed by atoms with van der Waals surface area (Å²) in [5, 5.41) is 5.23. The van der Waals surface area contributed by atoms with Gasteiger partial charge in [0.15, 0.2) is 5.11 Å². The number of rotatable bonds is 5. The van der Waals surface area contributed by atoms with Crippen LogP contribution in [0.25, 0.3) is 6.08 Å². The van der Waals surface area contributed by atoms with Crippen molar-refractivity contribution in [3.05, 3.63) is 64.5 Å². The Labute approximate surface area is 169 Å². The van der Waals surface area contributed by atoms with Gasteiger partial charge in [-0.05, 0) is 54.0 Å². The van der Waals surface area contributed by atoms with Crippen LogP contribution in [0.15, 0.2) is 63.0 Å². The minimum Gasteiger partial charge on any atom is -0.298 e. The number of thiocarbonyl (C=S) groups is 1. The van der Waals surface area contributed by atoms with Gasteiger partial charge in [-0.1, -0.05) is 29.4 Å². The fraction of sp³-hybridized carbons (Fsp3) is 0.0556. The van der Waals surface area contributed by atoms with Crippen molar-refractivity contribution < 1.29 is 9.59 Å². The Hall–Kier alpha value is -1.93. The van der Waals surface area contributed by atoms with Crippen molar-refractivity contribution in [2.45, 2.75) is 9.10 Å². The highest BCUT2D eigenvalue weighted by molar-refractivity contribution is 8.01. The molecule has 1 aliphatic rings. The molecule has 0 bridgehead atoms. The fourth-order valence-electron chi connectivity index (χ4n) is 2.25. The average Bonchev–Trinajstić information content (AvgIpc) is 3.04. The van der Waals surface area contributed by atoms with Gasteiger partial charge in [0.25, 0.3) is 11.8 Å². The van der Waals surface area contributed by atoms with E-state index in [1.165, 1.54) is 16.2 Å². The van der Waals surface area contributed by atoms with E-state index in [0.29, 0.717) is 5.02 Å². The van der Waals surface area contributed by atoms with Gasteiger partial charge in [0, 0.05) is 22.0 Å². The molecular formula is C18H13ClN2O2S3. The molecule has 2 amide bonds. The van der Waals surface area contributed by atoms with Crippen molar-refractivity contribution >= 4 is 69.9 Å². The molecular weight excluding hydrogens is 408 g/mol. The second-order valence-electron chi connectivity index (χ2n) is 5.24. The van der Waals surface area contributed by atoms with Crippen LogP contribution in [-0.4, -0.2) is 28.4 Å². The molecule has 1 saturated heterocycles. The first kappa shape index (κ1) is 18.8. The van der Waals surface area contributed by atoms with Crippen molar-refractivity contribution in [3.63, 3.8) is 0 Å². The number of hydrogen-bond acceptors (Lipinski definition) is 5. The number of carbonyl (C=O) groups is 2. The number of nitrogens with zero attached hydrogens (tertiary/aromatic N) is 1. The van der Waals surface area contributed by atoms with Crippen molar-refractivity contribution in [2.24, 2.45) is 0 Å². The van der Waals surface area contributed by atoms with Crippen LogP contribution in [0.5, 0.6) is 0 Å². The summed E-state index contributed by atoms with van der Waals surface area (Å²) >= 11 is 14.1. The summed E-state index contributed by atoms with van der Waals surface area (Å²) in [6, 6.07) is 9.36. The molecule has 2 aromatic rings. The van der Waals surface area contributed by atoms with Crippen molar-refractivity contribution in [2.75, 3.05) is 6.54 Å². The Balaban J connectivity index is 1.89. The minimum absolute atomic E-state index is 0.0526. The molecule has 0 saturated carbocycles. The van der Waals surface area contributed by atoms with E-state index in [0.717, 1.165) is 14.7 Å². The number of amides is 2. The lowest BCUT2D eigenvalue weighted by Gasteiger charge is -2.27. The number of benzene rings is 1. The first-order valence-corrected chi connectivity index (χ1v) is 9.98. The zero-order chi connectivity index (χ0) is 18.7. The normalized spacial score (nSPS) is 16.1. The molecule has 1 N–H and O–H groups in total. The standard InChI is InChI=1S/C18H13ClN2O2S3/c1-2-8-21-16(23)14(15(22)20-18(21)24)10-11-7-9-25-17(11)26-13-5-3-12(19)4-6-13/h2-7,9-10H,1,8H2,(H,20,22,24)/b14-10+. The van der Waals surface area contributed by atoms with Crippen molar-refractivity contribution in [1.82, 2.24) is 10.2 Å². The molecule has 0 spiro atoms. The molecule has 4 nitrogen and oxygen atoms in total. The fourth-order valence-corrected chi connectivity index (χ4v) is 4.61. The van der Waals surface area contributed by atoms with Crippen LogP contribution in [0.2, 0.25) is 5.02 Å². The predicted molar refractivity (Wildman–Crippen MR) is 111 cm³/mol. The highest BCUT2D eigenvalue weighted by Crippen LogP contribution is 2.36. The Morgan fingerprint density at radius 2 is 2.00 bits per heavy atom. The van der Waals surface area contributed by atoms with Gasteiger partial charge in [-0.3, -0.25) is 19.8 Å². The maximum absolute atomic E-state index is 12.6. The lowest BCUT2D eigenvalue weighted by molar-refractivity contribution is -0.128. The number of nitrogens with one attached hydrogen (secondary N) is 1. The van der Waals surface area contributed by atoms with Gasteiger partial charge in [0.2, 0.25) is 0 Å². The summed E-state index contributed by atoms with van der Waals surface area (Å²) in [7, 11) is 0. The van der Waals surface area contributed by atoms with Gasteiger partial charge >= 0.3 is 0 Å². The second kappa shape index (κ2) is 8.18. The van der Waals surface area contributed by atoms with E-state index >= 15 is 0 Å². The molecule has 2 heterocycles. The van der Waals surface area contributed by atoms with Crippen LogP contribution in [0, 0.1) is 0 Å². The number of thiophene rings is 1. The number of hydrogen-bond donors (Lipinski definition) is 1. The molecule has 1 aliphatic heterocycles. The lowest BCUT2D eigenvalue weighted by Crippen LogP contribution is -2.53. The van der Waals surface area contributed by atoms with E-state index in [4.69, 9.17) is 23.8 Å². The molecule has 1 aromatic carbocycles. The van der Waals surface area contributed by atoms with Crippen LogP contribution in [0.3, 0.4) is 0 Å². The molecule has 8 heteroatoms. The SMILES string of the molecule is C=CCN1C(=O)/C(=C/c2ccsc2Sc2ccc(Cl)cc2)C(=O)NC1=S. The molecule has 3 rings (SSSR count). The smallest absolute Gasteiger partial charge is 0.265 e.